The Bertz CT molecular complexity index is 287. The second-order valence-electron chi connectivity index (χ2n) is 3.77. The fourth-order valence-electron chi connectivity index (χ4n) is 1.25. The van der Waals surface area contributed by atoms with Crippen molar-refractivity contribution in [3.63, 3.8) is 0 Å². The summed E-state index contributed by atoms with van der Waals surface area (Å²) in [5.74, 6) is 0. The maximum atomic E-state index is 5.90. The number of hydrogen-bond donors (Lipinski definition) is 0. The van der Waals surface area contributed by atoms with Gasteiger partial charge >= 0.3 is 0 Å². The standard InChI is InChI=1S/C11H16BrClN2/c1-9(13)5-6-15(2)8-11-4-3-10(12)7-14-11/h3-4,7,9H,5-6,8H2,1-2H3. The van der Waals surface area contributed by atoms with Gasteiger partial charge in [0.1, 0.15) is 0 Å². The van der Waals surface area contributed by atoms with E-state index in [1.807, 2.05) is 25.3 Å². The van der Waals surface area contributed by atoms with Gasteiger partial charge in [-0.2, -0.15) is 0 Å². The zero-order chi connectivity index (χ0) is 11.3. The van der Waals surface area contributed by atoms with Crippen molar-refractivity contribution in [3.8, 4) is 0 Å². The molecule has 1 rings (SSSR count). The van der Waals surface area contributed by atoms with Crippen molar-refractivity contribution in [2.45, 2.75) is 25.3 Å². The number of pyridine rings is 1. The summed E-state index contributed by atoms with van der Waals surface area (Å²) in [4.78, 5) is 6.56. The highest BCUT2D eigenvalue weighted by atomic mass is 79.9. The van der Waals surface area contributed by atoms with Gasteiger partial charge in [0.15, 0.2) is 0 Å². The third-order valence-electron chi connectivity index (χ3n) is 2.13. The molecule has 0 radical (unpaired) electrons. The second-order valence-corrected chi connectivity index (χ2v) is 5.44. The highest BCUT2D eigenvalue weighted by molar-refractivity contribution is 9.10. The Hall–Kier alpha value is -0.120. The van der Waals surface area contributed by atoms with Crippen LogP contribution < -0.4 is 0 Å². The summed E-state index contributed by atoms with van der Waals surface area (Å²) in [5.41, 5.74) is 1.09. The Kier molecular flexibility index (Phi) is 5.58. The molecule has 0 aliphatic rings. The van der Waals surface area contributed by atoms with Gasteiger partial charge in [0.2, 0.25) is 0 Å². The largest absolute Gasteiger partial charge is 0.300 e. The quantitative estimate of drug-likeness (QED) is 0.774. The fourth-order valence-corrected chi connectivity index (χ4v) is 1.59. The lowest BCUT2D eigenvalue weighted by atomic mass is 10.3. The summed E-state index contributed by atoms with van der Waals surface area (Å²) in [6.07, 6.45) is 2.84. The SMILES string of the molecule is CC(Cl)CCN(C)Cc1ccc(Br)cn1. The zero-order valence-corrected chi connectivity index (χ0v) is 11.4. The van der Waals surface area contributed by atoms with Crippen LogP contribution in [0.25, 0.3) is 0 Å². The first-order valence-electron chi connectivity index (χ1n) is 5.01. The molecule has 15 heavy (non-hydrogen) atoms. The molecule has 0 amide bonds. The van der Waals surface area contributed by atoms with Crippen molar-refractivity contribution in [3.05, 3.63) is 28.5 Å². The molecule has 0 saturated heterocycles. The first-order valence-corrected chi connectivity index (χ1v) is 6.24. The Morgan fingerprint density at radius 3 is 2.80 bits per heavy atom. The van der Waals surface area contributed by atoms with Gasteiger partial charge in [0.25, 0.3) is 0 Å². The number of halogens is 2. The second kappa shape index (κ2) is 6.46. The van der Waals surface area contributed by atoms with Crippen molar-refractivity contribution >= 4 is 27.5 Å². The number of hydrogen-bond acceptors (Lipinski definition) is 2. The minimum Gasteiger partial charge on any atom is -0.300 e. The number of alkyl halides is 1. The molecule has 1 aromatic heterocycles. The van der Waals surface area contributed by atoms with Crippen molar-refractivity contribution in [1.29, 1.82) is 0 Å². The third-order valence-corrected chi connectivity index (χ3v) is 2.82. The van der Waals surface area contributed by atoms with E-state index in [2.05, 4.69) is 32.9 Å². The van der Waals surface area contributed by atoms with Crippen LogP contribution in [0.4, 0.5) is 0 Å². The molecule has 0 saturated carbocycles. The van der Waals surface area contributed by atoms with Gasteiger partial charge in [0, 0.05) is 22.6 Å². The number of rotatable bonds is 5. The molecule has 4 heteroatoms. The summed E-state index contributed by atoms with van der Waals surface area (Å²) in [7, 11) is 2.09. The van der Waals surface area contributed by atoms with E-state index in [4.69, 9.17) is 11.6 Å². The third kappa shape index (κ3) is 5.50. The summed E-state index contributed by atoms with van der Waals surface area (Å²) in [6.45, 7) is 3.90. The van der Waals surface area contributed by atoms with E-state index in [1.165, 1.54) is 0 Å². The molecule has 1 heterocycles. The molecule has 0 aliphatic carbocycles. The molecular weight excluding hydrogens is 275 g/mol. The maximum Gasteiger partial charge on any atom is 0.0544 e. The minimum absolute atomic E-state index is 0.241. The zero-order valence-electron chi connectivity index (χ0n) is 9.08. The van der Waals surface area contributed by atoms with E-state index in [-0.39, 0.29) is 5.38 Å². The topological polar surface area (TPSA) is 16.1 Å². The van der Waals surface area contributed by atoms with Crippen molar-refractivity contribution in [2.24, 2.45) is 0 Å². The molecule has 2 nitrogen and oxygen atoms in total. The molecule has 0 bridgehead atoms. The Balaban J connectivity index is 2.37. The molecule has 0 aromatic carbocycles. The van der Waals surface area contributed by atoms with E-state index in [1.54, 1.807) is 0 Å². The van der Waals surface area contributed by atoms with Crippen LogP contribution in [-0.2, 0) is 6.54 Å². The molecular formula is C11H16BrClN2. The van der Waals surface area contributed by atoms with E-state index in [0.29, 0.717) is 0 Å². The summed E-state index contributed by atoms with van der Waals surface area (Å²) < 4.78 is 1.02. The van der Waals surface area contributed by atoms with Crippen molar-refractivity contribution in [1.82, 2.24) is 9.88 Å². The lowest BCUT2D eigenvalue weighted by Crippen LogP contribution is -2.21. The van der Waals surface area contributed by atoms with Crippen LogP contribution >= 0.6 is 27.5 Å². The maximum absolute atomic E-state index is 5.90. The minimum atomic E-state index is 0.241. The van der Waals surface area contributed by atoms with Crippen LogP contribution in [0.3, 0.4) is 0 Å². The number of aromatic nitrogens is 1. The van der Waals surface area contributed by atoms with Crippen molar-refractivity contribution < 1.29 is 0 Å². The smallest absolute Gasteiger partial charge is 0.0544 e. The average Bonchev–Trinajstić information content (AvgIpc) is 2.19. The Morgan fingerprint density at radius 1 is 1.53 bits per heavy atom. The van der Waals surface area contributed by atoms with Gasteiger partial charge in [-0.15, -0.1) is 11.6 Å². The van der Waals surface area contributed by atoms with E-state index < -0.39 is 0 Å². The van der Waals surface area contributed by atoms with Gasteiger partial charge < -0.3 is 4.90 Å². The van der Waals surface area contributed by atoms with E-state index >= 15 is 0 Å². The van der Waals surface area contributed by atoms with E-state index in [9.17, 15) is 0 Å². The summed E-state index contributed by atoms with van der Waals surface area (Å²) in [6, 6.07) is 4.05. The lowest BCUT2D eigenvalue weighted by Gasteiger charge is -2.16. The molecule has 1 aromatic rings. The van der Waals surface area contributed by atoms with Gasteiger partial charge in [-0.3, -0.25) is 4.98 Å². The van der Waals surface area contributed by atoms with Gasteiger partial charge in [0.05, 0.1) is 5.69 Å². The fraction of sp³-hybridized carbons (Fsp3) is 0.545. The summed E-state index contributed by atoms with van der Waals surface area (Å²) in [5, 5.41) is 0.241. The lowest BCUT2D eigenvalue weighted by molar-refractivity contribution is 0.318. The normalized spacial score (nSPS) is 13.1. The Morgan fingerprint density at radius 2 is 2.27 bits per heavy atom. The highest BCUT2D eigenvalue weighted by Gasteiger charge is 2.03. The first-order chi connectivity index (χ1) is 7.08. The van der Waals surface area contributed by atoms with Gasteiger partial charge in [-0.05, 0) is 55.0 Å². The van der Waals surface area contributed by atoms with Crippen molar-refractivity contribution in [2.75, 3.05) is 13.6 Å². The summed E-state index contributed by atoms with van der Waals surface area (Å²) >= 11 is 9.27. The van der Waals surface area contributed by atoms with Crippen LogP contribution in [0.2, 0.25) is 0 Å². The van der Waals surface area contributed by atoms with Gasteiger partial charge in [-0.25, -0.2) is 0 Å². The average molecular weight is 292 g/mol. The van der Waals surface area contributed by atoms with Crippen LogP contribution in [0, 0.1) is 0 Å². The van der Waals surface area contributed by atoms with Crippen LogP contribution in [0.15, 0.2) is 22.8 Å². The predicted octanol–water partition coefficient (Wildman–Crippen LogP) is 3.29. The van der Waals surface area contributed by atoms with Crippen LogP contribution in [0.1, 0.15) is 19.0 Å². The first kappa shape index (κ1) is 12.9. The van der Waals surface area contributed by atoms with Crippen LogP contribution in [0.5, 0.6) is 0 Å². The molecule has 0 fully saturated rings. The van der Waals surface area contributed by atoms with Crippen LogP contribution in [-0.4, -0.2) is 28.9 Å². The molecule has 0 aliphatic heterocycles. The molecule has 0 N–H and O–H groups in total. The number of nitrogens with zero attached hydrogens (tertiary/aromatic N) is 2. The van der Waals surface area contributed by atoms with Gasteiger partial charge in [-0.1, -0.05) is 0 Å². The highest BCUT2D eigenvalue weighted by Crippen LogP contribution is 2.09. The molecule has 1 atom stereocenters. The molecule has 84 valence electrons. The Labute approximate surface area is 105 Å². The predicted molar refractivity (Wildman–Crippen MR) is 68.2 cm³/mol. The molecule has 1 unspecified atom stereocenters. The van der Waals surface area contributed by atoms with E-state index in [0.717, 1.165) is 29.7 Å². The molecule has 0 spiro atoms. The monoisotopic (exact) mass is 290 g/mol.